The molecule has 1 amide bonds. The molecular formula is C12H21NO5. The van der Waals surface area contributed by atoms with Crippen LogP contribution in [0.5, 0.6) is 0 Å². The van der Waals surface area contributed by atoms with Gasteiger partial charge in [0, 0.05) is 0 Å². The molecule has 0 N–H and O–H groups in total. The van der Waals surface area contributed by atoms with Crippen LogP contribution in [0.2, 0.25) is 0 Å². The summed E-state index contributed by atoms with van der Waals surface area (Å²) in [5.41, 5.74) is -0.556. The summed E-state index contributed by atoms with van der Waals surface area (Å²) in [5, 5.41) is 0. The number of hydrogen-bond acceptors (Lipinski definition) is 5. The number of ether oxygens (including phenoxy) is 3. The van der Waals surface area contributed by atoms with Crippen molar-refractivity contribution in [3.05, 3.63) is 0 Å². The lowest BCUT2D eigenvalue weighted by Crippen LogP contribution is -2.53. The highest BCUT2D eigenvalue weighted by Crippen LogP contribution is 2.16. The van der Waals surface area contributed by atoms with Gasteiger partial charge in [-0.1, -0.05) is 0 Å². The molecule has 1 heterocycles. The zero-order valence-electron chi connectivity index (χ0n) is 11.6. The topological polar surface area (TPSA) is 65.1 Å². The van der Waals surface area contributed by atoms with Crippen molar-refractivity contribution in [2.75, 3.05) is 20.2 Å². The van der Waals surface area contributed by atoms with Crippen LogP contribution in [0.3, 0.4) is 0 Å². The Bertz CT molecular complexity index is 323. The zero-order valence-corrected chi connectivity index (χ0v) is 11.6. The van der Waals surface area contributed by atoms with Gasteiger partial charge in [0.15, 0.2) is 6.10 Å². The second kappa shape index (κ2) is 5.56. The minimum absolute atomic E-state index is 0.159. The molecule has 2 atom stereocenters. The Hall–Kier alpha value is -1.30. The van der Waals surface area contributed by atoms with Gasteiger partial charge in [-0.2, -0.15) is 0 Å². The van der Waals surface area contributed by atoms with Crippen molar-refractivity contribution in [2.45, 2.75) is 45.5 Å². The van der Waals surface area contributed by atoms with E-state index in [1.807, 2.05) is 0 Å². The standard InChI is InChI=1S/C12H21NO5/c1-8-6-13(11(15)18-12(2,3)4)7-9(17-8)10(14)16-5/h8-9H,6-7H2,1-5H3/t8-,9-/m1/s1. The van der Waals surface area contributed by atoms with E-state index in [4.69, 9.17) is 9.47 Å². The van der Waals surface area contributed by atoms with Crippen molar-refractivity contribution in [1.29, 1.82) is 0 Å². The Labute approximate surface area is 107 Å². The molecule has 0 unspecified atom stereocenters. The number of methoxy groups -OCH3 is 1. The summed E-state index contributed by atoms with van der Waals surface area (Å²) in [6, 6.07) is 0. The summed E-state index contributed by atoms with van der Waals surface area (Å²) in [7, 11) is 1.29. The fraction of sp³-hybridized carbons (Fsp3) is 0.833. The van der Waals surface area contributed by atoms with E-state index < -0.39 is 23.8 Å². The Morgan fingerprint density at radius 2 is 1.89 bits per heavy atom. The number of amides is 1. The molecule has 1 aliphatic heterocycles. The van der Waals surface area contributed by atoms with Gasteiger partial charge in [-0.3, -0.25) is 0 Å². The normalized spacial score (nSPS) is 24.6. The summed E-state index contributed by atoms with van der Waals surface area (Å²) in [5.74, 6) is -0.477. The highest BCUT2D eigenvalue weighted by atomic mass is 16.6. The van der Waals surface area contributed by atoms with Gasteiger partial charge < -0.3 is 19.1 Å². The van der Waals surface area contributed by atoms with Gasteiger partial charge in [-0.25, -0.2) is 9.59 Å². The lowest BCUT2D eigenvalue weighted by molar-refractivity contribution is -0.165. The molecule has 6 nitrogen and oxygen atoms in total. The quantitative estimate of drug-likeness (QED) is 0.662. The molecule has 0 bridgehead atoms. The van der Waals surface area contributed by atoms with Crippen molar-refractivity contribution in [3.63, 3.8) is 0 Å². The van der Waals surface area contributed by atoms with Gasteiger partial charge in [0.2, 0.25) is 0 Å². The van der Waals surface area contributed by atoms with Gasteiger partial charge >= 0.3 is 12.1 Å². The lowest BCUT2D eigenvalue weighted by atomic mass is 10.2. The average Bonchev–Trinajstić information content (AvgIpc) is 2.24. The van der Waals surface area contributed by atoms with Gasteiger partial charge in [0.25, 0.3) is 0 Å². The summed E-state index contributed by atoms with van der Waals surface area (Å²) in [4.78, 5) is 24.8. The van der Waals surface area contributed by atoms with Crippen molar-refractivity contribution >= 4 is 12.1 Å². The third kappa shape index (κ3) is 4.18. The molecule has 0 radical (unpaired) electrons. The van der Waals surface area contributed by atoms with Gasteiger partial charge in [-0.15, -0.1) is 0 Å². The van der Waals surface area contributed by atoms with Gasteiger partial charge in [0.05, 0.1) is 26.3 Å². The molecule has 0 aromatic heterocycles. The van der Waals surface area contributed by atoms with Crippen LogP contribution in [-0.2, 0) is 19.0 Å². The summed E-state index contributed by atoms with van der Waals surface area (Å²) < 4.78 is 15.3. The average molecular weight is 259 g/mol. The predicted molar refractivity (Wildman–Crippen MR) is 64.2 cm³/mol. The van der Waals surface area contributed by atoms with Crippen molar-refractivity contribution < 1.29 is 23.8 Å². The lowest BCUT2D eigenvalue weighted by Gasteiger charge is -2.36. The number of nitrogens with zero attached hydrogens (tertiary/aromatic N) is 1. The van der Waals surface area contributed by atoms with Crippen LogP contribution in [0, 0.1) is 0 Å². The van der Waals surface area contributed by atoms with Crippen LogP contribution < -0.4 is 0 Å². The van der Waals surface area contributed by atoms with E-state index in [2.05, 4.69) is 4.74 Å². The molecule has 18 heavy (non-hydrogen) atoms. The van der Waals surface area contributed by atoms with Crippen molar-refractivity contribution in [1.82, 2.24) is 4.90 Å². The zero-order chi connectivity index (χ0) is 13.9. The summed E-state index contributed by atoms with van der Waals surface area (Å²) in [6.45, 7) is 7.76. The van der Waals surface area contributed by atoms with E-state index in [0.717, 1.165) is 0 Å². The third-order valence-corrected chi connectivity index (χ3v) is 2.38. The maximum Gasteiger partial charge on any atom is 0.410 e. The minimum atomic E-state index is -0.744. The molecule has 6 heteroatoms. The Kier molecular flexibility index (Phi) is 4.56. The van der Waals surface area contributed by atoms with E-state index in [1.165, 1.54) is 12.0 Å². The fourth-order valence-electron chi connectivity index (χ4n) is 1.69. The molecule has 1 fully saturated rings. The molecule has 0 aromatic carbocycles. The van der Waals surface area contributed by atoms with Crippen molar-refractivity contribution in [2.24, 2.45) is 0 Å². The van der Waals surface area contributed by atoms with Crippen LogP contribution in [0.15, 0.2) is 0 Å². The van der Waals surface area contributed by atoms with Gasteiger partial charge in [0.1, 0.15) is 5.60 Å². The van der Waals surface area contributed by atoms with Crippen LogP contribution in [-0.4, -0.2) is 55.0 Å². The molecule has 1 saturated heterocycles. The first-order valence-corrected chi connectivity index (χ1v) is 5.94. The van der Waals surface area contributed by atoms with Crippen LogP contribution in [0.1, 0.15) is 27.7 Å². The largest absolute Gasteiger partial charge is 0.467 e. The second-order valence-electron chi connectivity index (χ2n) is 5.34. The summed E-state index contributed by atoms with van der Waals surface area (Å²) >= 11 is 0. The maximum absolute atomic E-state index is 11.9. The highest BCUT2D eigenvalue weighted by Gasteiger charge is 2.35. The number of rotatable bonds is 1. The molecule has 104 valence electrons. The third-order valence-electron chi connectivity index (χ3n) is 2.38. The maximum atomic E-state index is 11.9. The summed E-state index contributed by atoms with van der Waals surface area (Å²) in [6.07, 6.45) is -1.41. The molecule has 1 rings (SSSR count). The number of hydrogen-bond donors (Lipinski definition) is 0. The first-order valence-electron chi connectivity index (χ1n) is 5.94. The van der Waals surface area contributed by atoms with Crippen LogP contribution in [0.4, 0.5) is 4.79 Å². The predicted octanol–water partition coefficient (Wildman–Crippen LogP) is 1.18. The first-order chi connectivity index (χ1) is 8.23. The molecule has 1 aliphatic rings. The number of carbonyl (C=O) groups excluding carboxylic acids is 2. The molecular weight excluding hydrogens is 238 g/mol. The Morgan fingerprint density at radius 3 is 2.39 bits per heavy atom. The van der Waals surface area contributed by atoms with E-state index >= 15 is 0 Å². The number of carbonyl (C=O) groups is 2. The molecule has 0 aliphatic carbocycles. The molecule has 0 aromatic rings. The SMILES string of the molecule is COC(=O)[C@H]1CN(C(=O)OC(C)(C)C)C[C@@H](C)O1. The van der Waals surface area contributed by atoms with Crippen LogP contribution >= 0.6 is 0 Å². The smallest absolute Gasteiger partial charge is 0.410 e. The molecule has 0 saturated carbocycles. The number of morpholine rings is 1. The van der Waals surface area contributed by atoms with E-state index in [9.17, 15) is 9.59 Å². The monoisotopic (exact) mass is 259 g/mol. The highest BCUT2D eigenvalue weighted by molar-refractivity contribution is 5.76. The number of esters is 1. The molecule has 0 spiro atoms. The van der Waals surface area contributed by atoms with Crippen molar-refractivity contribution in [3.8, 4) is 0 Å². The Balaban J connectivity index is 2.66. The van der Waals surface area contributed by atoms with Gasteiger partial charge in [-0.05, 0) is 27.7 Å². The van der Waals surface area contributed by atoms with Crippen LogP contribution in [0.25, 0.3) is 0 Å². The van der Waals surface area contributed by atoms with E-state index in [0.29, 0.717) is 6.54 Å². The van der Waals surface area contributed by atoms with E-state index in [-0.39, 0.29) is 12.6 Å². The Morgan fingerprint density at radius 1 is 1.28 bits per heavy atom. The van der Waals surface area contributed by atoms with E-state index in [1.54, 1.807) is 27.7 Å². The fourth-order valence-corrected chi connectivity index (χ4v) is 1.69. The second-order valence-corrected chi connectivity index (χ2v) is 5.34. The minimum Gasteiger partial charge on any atom is -0.467 e. The first kappa shape index (κ1) is 14.8.